The van der Waals surface area contributed by atoms with E-state index < -0.39 is 0 Å². The number of ether oxygens (including phenoxy) is 1. The highest BCUT2D eigenvalue weighted by Gasteiger charge is 2.12. The van der Waals surface area contributed by atoms with Crippen LogP contribution in [0.4, 0.5) is 5.69 Å². The second-order valence-corrected chi connectivity index (χ2v) is 7.86. The van der Waals surface area contributed by atoms with Crippen LogP contribution in [0.3, 0.4) is 0 Å². The number of rotatable bonds is 6. The van der Waals surface area contributed by atoms with E-state index in [0.29, 0.717) is 10.8 Å². The van der Waals surface area contributed by atoms with E-state index in [0.717, 1.165) is 33.8 Å². The van der Waals surface area contributed by atoms with E-state index in [1.807, 2.05) is 62.4 Å². The number of hydrogen-bond acceptors (Lipinski definition) is 6. The molecule has 2 aromatic carbocycles. The lowest BCUT2D eigenvalue weighted by molar-refractivity contribution is -0.113. The highest BCUT2D eigenvalue weighted by molar-refractivity contribution is 7.99. The van der Waals surface area contributed by atoms with Gasteiger partial charge in [0.15, 0.2) is 5.65 Å². The Morgan fingerprint density at radius 2 is 1.77 bits per heavy atom. The number of fused-ring (bicyclic) bond motifs is 1. The Bertz CT molecular complexity index is 1180. The van der Waals surface area contributed by atoms with E-state index in [-0.39, 0.29) is 11.7 Å². The first-order valence-corrected chi connectivity index (χ1v) is 10.4. The van der Waals surface area contributed by atoms with Gasteiger partial charge >= 0.3 is 0 Å². The molecule has 1 amide bonds. The number of aromatic nitrogens is 4. The zero-order valence-corrected chi connectivity index (χ0v) is 17.7. The minimum atomic E-state index is -0.104. The molecule has 4 rings (SSSR count). The van der Waals surface area contributed by atoms with Gasteiger partial charge in [-0.25, -0.2) is 0 Å². The van der Waals surface area contributed by atoms with E-state index >= 15 is 0 Å². The van der Waals surface area contributed by atoms with Crippen molar-refractivity contribution in [3.63, 3.8) is 0 Å². The van der Waals surface area contributed by atoms with Gasteiger partial charge in [0.05, 0.1) is 18.6 Å². The molecular formula is C22H21N5O2S. The third kappa shape index (κ3) is 4.44. The number of nitrogens with one attached hydrogen (secondary N) is 1. The highest BCUT2D eigenvalue weighted by Crippen LogP contribution is 2.23. The summed E-state index contributed by atoms with van der Waals surface area (Å²) in [6.07, 6.45) is 0. The number of amides is 1. The zero-order chi connectivity index (χ0) is 21.1. The minimum Gasteiger partial charge on any atom is -0.497 e. The number of aryl methyl sites for hydroxylation is 2. The second-order valence-electron chi connectivity index (χ2n) is 6.91. The van der Waals surface area contributed by atoms with E-state index in [9.17, 15) is 4.79 Å². The monoisotopic (exact) mass is 419 g/mol. The fourth-order valence-corrected chi connectivity index (χ4v) is 3.84. The Hall–Kier alpha value is -3.39. The summed E-state index contributed by atoms with van der Waals surface area (Å²) in [4.78, 5) is 12.4. The van der Waals surface area contributed by atoms with Gasteiger partial charge in [-0.3, -0.25) is 4.79 Å². The number of methoxy groups -OCH3 is 1. The molecule has 0 unspecified atom stereocenters. The Balaban J connectivity index is 1.49. The molecular weight excluding hydrogens is 398 g/mol. The van der Waals surface area contributed by atoms with Crippen molar-refractivity contribution in [1.82, 2.24) is 19.8 Å². The van der Waals surface area contributed by atoms with Crippen molar-refractivity contribution in [1.29, 1.82) is 0 Å². The number of anilines is 1. The molecule has 0 radical (unpaired) electrons. The molecule has 7 nitrogen and oxygen atoms in total. The van der Waals surface area contributed by atoms with Crippen LogP contribution in [0.5, 0.6) is 5.75 Å². The van der Waals surface area contributed by atoms with E-state index in [1.54, 1.807) is 11.6 Å². The van der Waals surface area contributed by atoms with Crippen LogP contribution in [-0.4, -0.2) is 38.6 Å². The maximum atomic E-state index is 12.4. The molecule has 0 saturated carbocycles. The molecule has 152 valence electrons. The van der Waals surface area contributed by atoms with Crippen LogP contribution >= 0.6 is 11.8 Å². The summed E-state index contributed by atoms with van der Waals surface area (Å²) in [6.45, 7) is 4.01. The first-order valence-electron chi connectivity index (χ1n) is 9.39. The molecule has 4 aromatic rings. The zero-order valence-electron chi connectivity index (χ0n) is 16.9. The molecule has 0 aliphatic carbocycles. The molecule has 1 N–H and O–H groups in total. The number of carbonyl (C=O) groups is 1. The van der Waals surface area contributed by atoms with Crippen LogP contribution in [0.1, 0.15) is 11.1 Å². The molecule has 2 aromatic heterocycles. The van der Waals surface area contributed by atoms with Crippen molar-refractivity contribution in [2.45, 2.75) is 19.0 Å². The summed E-state index contributed by atoms with van der Waals surface area (Å²) < 4.78 is 6.87. The number of nitrogens with zero attached hydrogens (tertiary/aromatic N) is 4. The molecule has 0 atom stereocenters. The fourth-order valence-electron chi connectivity index (χ4n) is 3.15. The number of thioether (sulfide) groups is 1. The summed E-state index contributed by atoms with van der Waals surface area (Å²) in [7, 11) is 1.64. The van der Waals surface area contributed by atoms with Crippen LogP contribution in [0.25, 0.3) is 16.9 Å². The van der Waals surface area contributed by atoms with Gasteiger partial charge in [-0.15, -0.1) is 10.2 Å². The second kappa shape index (κ2) is 8.54. The van der Waals surface area contributed by atoms with Crippen LogP contribution < -0.4 is 10.1 Å². The molecule has 0 spiro atoms. The minimum absolute atomic E-state index is 0.104. The van der Waals surface area contributed by atoms with Crippen LogP contribution in [0.15, 0.2) is 59.8 Å². The van der Waals surface area contributed by atoms with Crippen molar-refractivity contribution < 1.29 is 9.53 Å². The van der Waals surface area contributed by atoms with E-state index in [1.165, 1.54) is 11.8 Å². The first-order chi connectivity index (χ1) is 14.5. The van der Waals surface area contributed by atoms with Gasteiger partial charge < -0.3 is 10.1 Å². The third-order valence-electron chi connectivity index (χ3n) is 4.46. The first kappa shape index (κ1) is 19.9. The average Bonchev–Trinajstić information content (AvgIpc) is 3.14. The number of hydrogen-bond donors (Lipinski definition) is 1. The van der Waals surface area contributed by atoms with E-state index in [4.69, 9.17) is 4.74 Å². The molecule has 30 heavy (non-hydrogen) atoms. The SMILES string of the molecule is COc1ccc(-c2ccc3nnc(SCC(=O)Nc4cc(C)cc(C)c4)n3n2)cc1. The van der Waals surface area contributed by atoms with E-state index in [2.05, 4.69) is 26.7 Å². The van der Waals surface area contributed by atoms with Crippen molar-refractivity contribution in [3.8, 4) is 17.0 Å². The van der Waals surface area contributed by atoms with Gasteiger partial charge in [-0.2, -0.15) is 9.61 Å². The molecule has 0 fully saturated rings. The van der Waals surface area contributed by atoms with Crippen molar-refractivity contribution >= 4 is 29.0 Å². The summed E-state index contributed by atoms with van der Waals surface area (Å²) >= 11 is 1.30. The molecule has 0 aliphatic rings. The van der Waals surface area contributed by atoms with Gasteiger partial charge in [0.2, 0.25) is 11.1 Å². The lowest BCUT2D eigenvalue weighted by Gasteiger charge is -2.07. The Morgan fingerprint density at radius 1 is 1.03 bits per heavy atom. The Morgan fingerprint density at radius 3 is 2.47 bits per heavy atom. The maximum absolute atomic E-state index is 12.4. The molecule has 0 saturated heterocycles. The summed E-state index contributed by atoms with van der Waals surface area (Å²) in [5.74, 6) is 0.894. The molecule has 2 heterocycles. The lowest BCUT2D eigenvalue weighted by Crippen LogP contribution is -2.14. The Kier molecular flexibility index (Phi) is 5.67. The topological polar surface area (TPSA) is 81.4 Å². The van der Waals surface area contributed by atoms with Crippen LogP contribution in [-0.2, 0) is 4.79 Å². The van der Waals surface area contributed by atoms with Gasteiger partial charge in [0, 0.05) is 11.3 Å². The number of carbonyl (C=O) groups excluding carboxylic acids is 1. The number of benzene rings is 2. The predicted octanol–water partition coefficient (Wildman–Crippen LogP) is 4.15. The predicted molar refractivity (Wildman–Crippen MR) is 118 cm³/mol. The smallest absolute Gasteiger partial charge is 0.234 e. The van der Waals surface area contributed by atoms with Crippen molar-refractivity contribution in [3.05, 3.63) is 65.7 Å². The molecule has 8 heteroatoms. The van der Waals surface area contributed by atoms with Gasteiger partial charge in [-0.05, 0) is 73.5 Å². The van der Waals surface area contributed by atoms with Gasteiger partial charge in [0.1, 0.15) is 5.75 Å². The quantitative estimate of drug-likeness (QED) is 0.473. The van der Waals surface area contributed by atoms with Gasteiger partial charge in [-0.1, -0.05) is 17.8 Å². The van der Waals surface area contributed by atoms with Crippen molar-refractivity contribution in [2.75, 3.05) is 18.2 Å². The lowest BCUT2D eigenvalue weighted by atomic mass is 10.1. The average molecular weight is 420 g/mol. The van der Waals surface area contributed by atoms with Crippen LogP contribution in [0, 0.1) is 13.8 Å². The maximum Gasteiger partial charge on any atom is 0.234 e. The summed E-state index contributed by atoms with van der Waals surface area (Å²) in [5.41, 5.74) is 5.38. The highest BCUT2D eigenvalue weighted by atomic mass is 32.2. The third-order valence-corrected chi connectivity index (χ3v) is 5.38. The van der Waals surface area contributed by atoms with Crippen molar-refractivity contribution in [2.24, 2.45) is 0 Å². The normalized spacial score (nSPS) is 10.9. The Labute approximate surface area is 178 Å². The van der Waals surface area contributed by atoms with Crippen LogP contribution in [0.2, 0.25) is 0 Å². The summed E-state index contributed by atoms with van der Waals surface area (Å²) in [6, 6.07) is 17.4. The summed E-state index contributed by atoms with van der Waals surface area (Å²) in [5, 5.41) is 16.5. The molecule has 0 bridgehead atoms. The largest absolute Gasteiger partial charge is 0.497 e. The standard InChI is InChI=1S/C22H21N5O2S/c1-14-10-15(2)12-17(11-14)23-21(28)13-30-22-25-24-20-9-8-19(26-27(20)22)16-4-6-18(29-3)7-5-16/h4-12H,13H2,1-3H3,(H,23,28). The van der Waals surface area contributed by atoms with Gasteiger partial charge in [0.25, 0.3) is 0 Å². The fraction of sp³-hybridized carbons (Fsp3) is 0.182. The molecule has 0 aliphatic heterocycles.